The fraction of sp³-hybridized carbons (Fsp3) is 0.929. The van der Waals surface area contributed by atoms with Crippen molar-refractivity contribution in [3.63, 3.8) is 0 Å². The summed E-state index contributed by atoms with van der Waals surface area (Å²) in [6.07, 6.45) is 5.98. The van der Waals surface area contributed by atoms with Gasteiger partial charge in [-0.3, -0.25) is 4.79 Å². The normalized spacial score (nSPS) is 26.9. The predicted octanol–water partition coefficient (Wildman–Crippen LogP) is 2.30. The Kier molecular flexibility index (Phi) is 5.96. The second-order valence-electron chi connectivity index (χ2n) is 6.00. The van der Waals surface area contributed by atoms with E-state index in [1.807, 2.05) is 0 Å². The van der Waals surface area contributed by atoms with Gasteiger partial charge in [-0.15, -0.1) is 0 Å². The molecule has 1 amide bonds. The lowest BCUT2D eigenvalue weighted by Crippen LogP contribution is -2.44. The number of hydrogen-bond acceptors (Lipinski definition) is 2. The van der Waals surface area contributed by atoms with Gasteiger partial charge in [-0.1, -0.05) is 40.0 Å². The Morgan fingerprint density at radius 3 is 2.59 bits per heavy atom. The van der Waals surface area contributed by atoms with Gasteiger partial charge in [0, 0.05) is 6.54 Å². The summed E-state index contributed by atoms with van der Waals surface area (Å²) >= 11 is 0. The molecule has 1 aliphatic rings. The largest absolute Gasteiger partial charge is 0.354 e. The smallest absolute Gasteiger partial charge is 0.236 e. The number of carbonyl (C=O) groups excluding carboxylic acids is 1. The number of nitrogens with one attached hydrogen (secondary N) is 1. The molecule has 3 N–H and O–H groups in total. The molecule has 0 heterocycles. The van der Waals surface area contributed by atoms with E-state index in [-0.39, 0.29) is 11.9 Å². The Morgan fingerprint density at radius 1 is 1.35 bits per heavy atom. The highest BCUT2D eigenvalue weighted by molar-refractivity contribution is 5.81. The van der Waals surface area contributed by atoms with Crippen LogP contribution >= 0.6 is 0 Å². The molecule has 2 unspecified atom stereocenters. The van der Waals surface area contributed by atoms with E-state index in [0.717, 1.165) is 18.9 Å². The third-order valence-corrected chi connectivity index (χ3v) is 3.89. The van der Waals surface area contributed by atoms with Crippen LogP contribution in [0.5, 0.6) is 0 Å². The molecule has 0 aromatic heterocycles. The molecule has 0 radical (unpaired) electrons. The summed E-state index contributed by atoms with van der Waals surface area (Å²) in [5.41, 5.74) is 5.86. The Morgan fingerprint density at radius 2 is 2.00 bits per heavy atom. The fourth-order valence-corrected chi connectivity index (χ4v) is 2.67. The summed E-state index contributed by atoms with van der Waals surface area (Å²) in [6.45, 7) is 7.29. The van der Waals surface area contributed by atoms with Crippen LogP contribution in [0.25, 0.3) is 0 Å². The molecule has 1 rings (SSSR count). The molecule has 0 saturated heterocycles. The van der Waals surface area contributed by atoms with E-state index in [2.05, 4.69) is 26.1 Å². The van der Waals surface area contributed by atoms with Crippen LogP contribution in [0.1, 0.15) is 52.9 Å². The zero-order valence-corrected chi connectivity index (χ0v) is 11.5. The molecule has 17 heavy (non-hydrogen) atoms. The van der Waals surface area contributed by atoms with Crippen molar-refractivity contribution >= 4 is 5.91 Å². The molecule has 0 spiro atoms. The van der Waals surface area contributed by atoms with Crippen LogP contribution < -0.4 is 11.1 Å². The standard InChI is InChI=1S/C14H28N2O/c1-10(2)8-13(15)14(17)16-9-12-7-5-4-6-11(12)3/h10-13H,4-9,15H2,1-3H3,(H,16,17)/t11?,12?,13-/m1/s1. The van der Waals surface area contributed by atoms with E-state index in [1.165, 1.54) is 25.7 Å². The van der Waals surface area contributed by atoms with Crippen LogP contribution in [-0.2, 0) is 4.79 Å². The highest BCUT2D eigenvalue weighted by atomic mass is 16.2. The molecule has 0 aromatic rings. The molecule has 3 nitrogen and oxygen atoms in total. The minimum Gasteiger partial charge on any atom is -0.354 e. The summed E-state index contributed by atoms with van der Waals surface area (Å²) in [7, 11) is 0. The van der Waals surface area contributed by atoms with Gasteiger partial charge in [0.2, 0.25) is 5.91 Å². The van der Waals surface area contributed by atoms with Crippen LogP contribution in [0.15, 0.2) is 0 Å². The highest BCUT2D eigenvalue weighted by Gasteiger charge is 2.22. The molecule has 1 fully saturated rings. The van der Waals surface area contributed by atoms with Crippen molar-refractivity contribution in [1.82, 2.24) is 5.32 Å². The van der Waals surface area contributed by atoms with Crippen LogP contribution in [0, 0.1) is 17.8 Å². The molecular weight excluding hydrogens is 212 g/mol. The van der Waals surface area contributed by atoms with Gasteiger partial charge in [0.15, 0.2) is 0 Å². The molecule has 3 atom stereocenters. The number of amides is 1. The molecule has 0 bridgehead atoms. The summed E-state index contributed by atoms with van der Waals surface area (Å²) in [5.74, 6) is 1.89. The summed E-state index contributed by atoms with van der Waals surface area (Å²) in [5, 5.41) is 3.02. The van der Waals surface area contributed by atoms with Crippen LogP contribution in [0.4, 0.5) is 0 Å². The molecule has 0 aliphatic heterocycles. The fourth-order valence-electron chi connectivity index (χ4n) is 2.67. The van der Waals surface area contributed by atoms with E-state index in [9.17, 15) is 4.79 Å². The number of hydrogen-bond donors (Lipinski definition) is 2. The number of nitrogens with two attached hydrogens (primary N) is 1. The lowest BCUT2D eigenvalue weighted by molar-refractivity contribution is -0.123. The average Bonchev–Trinajstić information content (AvgIpc) is 2.26. The van der Waals surface area contributed by atoms with Gasteiger partial charge in [0.25, 0.3) is 0 Å². The molecule has 0 aromatic carbocycles. The van der Waals surface area contributed by atoms with Crippen molar-refractivity contribution in [2.45, 2.75) is 58.9 Å². The molecule has 1 aliphatic carbocycles. The van der Waals surface area contributed by atoms with Crippen LogP contribution in [0.2, 0.25) is 0 Å². The first-order valence-corrected chi connectivity index (χ1v) is 7.04. The van der Waals surface area contributed by atoms with Crippen molar-refractivity contribution < 1.29 is 4.79 Å². The highest BCUT2D eigenvalue weighted by Crippen LogP contribution is 2.28. The first-order valence-electron chi connectivity index (χ1n) is 7.04. The van der Waals surface area contributed by atoms with Crippen molar-refractivity contribution in [3.8, 4) is 0 Å². The molecular formula is C14H28N2O. The zero-order valence-electron chi connectivity index (χ0n) is 11.5. The Hall–Kier alpha value is -0.570. The van der Waals surface area contributed by atoms with Crippen molar-refractivity contribution in [2.24, 2.45) is 23.5 Å². The minimum absolute atomic E-state index is 0.0245. The van der Waals surface area contributed by atoms with Crippen LogP contribution in [0.3, 0.4) is 0 Å². The van der Waals surface area contributed by atoms with Gasteiger partial charge >= 0.3 is 0 Å². The van der Waals surface area contributed by atoms with Gasteiger partial charge in [-0.25, -0.2) is 0 Å². The maximum Gasteiger partial charge on any atom is 0.236 e. The molecule has 3 heteroatoms. The third-order valence-electron chi connectivity index (χ3n) is 3.89. The van der Waals surface area contributed by atoms with Gasteiger partial charge in [-0.2, -0.15) is 0 Å². The van der Waals surface area contributed by atoms with Crippen molar-refractivity contribution in [3.05, 3.63) is 0 Å². The second kappa shape index (κ2) is 7.00. The van der Waals surface area contributed by atoms with E-state index >= 15 is 0 Å². The van der Waals surface area contributed by atoms with E-state index in [4.69, 9.17) is 5.73 Å². The van der Waals surface area contributed by atoms with Crippen molar-refractivity contribution in [2.75, 3.05) is 6.54 Å². The first kappa shape index (κ1) is 14.5. The number of rotatable bonds is 5. The summed E-state index contributed by atoms with van der Waals surface area (Å²) < 4.78 is 0. The lowest BCUT2D eigenvalue weighted by atomic mass is 9.80. The Balaban J connectivity index is 2.26. The minimum atomic E-state index is -0.339. The topological polar surface area (TPSA) is 55.1 Å². The van der Waals surface area contributed by atoms with Crippen molar-refractivity contribution in [1.29, 1.82) is 0 Å². The monoisotopic (exact) mass is 240 g/mol. The summed E-state index contributed by atoms with van der Waals surface area (Å²) in [6, 6.07) is -0.339. The van der Waals surface area contributed by atoms with Gasteiger partial charge in [-0.05, 0) is 30.6 Å². The maximum absolute atomic E-state index is 11.8. The predicted molar refractivity (Wildman–Crippen MR) is 71.6 cm³/mol. The van der Waals surface area contributed by atoms with Crippen LogP contribution in [-0.4, -0.2) is 18.5 Å². The van der Waals surface area contributed by atoms with Gasteiger partial charge < -0.3 is 11.1 Å². The van der Waals surface area contributed by atoms with Gasteiger partial charge in [0.05, 0.1) is 6.04 Å². The number of carbonyl (C=O) groups is 1. The second-order valence-corrected chi connectivity index (χ2v) is 6.00. The zero-order chi connectivity index (χ0) is 12.8. The average molecular weight is 240 g/mol. The summed E-state index contributed by atoms with van der Waals surface area (Å²) in [4.78, 5) is 11.8. The third kappa shape index (κ3) is 5.07. The lowest BCUT2D eigenvalue weighted by Gasteiger charge is -2.29. The van der Waals surface area contributed by atoms with E-state index in [1.54, 1.807) is 0 Å². The van der Waals surface area contributed by atoms with E-state index in [0.29, 0.717) is 11.8 Å². The molecule has 100 valence electrons. The van der Waals surface area contributed by atoms with E-state index < -0.39 is 0 Å². The Labute approximate surface area is 106 Å². The maximum atomic E-state index is 11.8. The first-order chi connectivity index (χ1) is 8.00. The quantitative estimate of drug-likeness (QED) is 0.774. The molecule has 1 saturated carbocycles. The Bertz CT molecular complexity index is 240. The SMILES string of the molecule is CC(C)C[C@@H](N)C(=O)NCC1CCCCC1C. The van der Waals surface area contributed by atoms with Gasteiger partial charge in [0.1, 0.15) is 0 Å².